The minimum atomic E-state index is -0.258. The molecular formula is C14H21N3O2S. The lowest BCUT2D eigenvalue weighted by Gasteiger charge is -2.16. The van der Waals surface area contributed by atoms with Gasteiger partial charge in [-0.15, -0.1) is 0 Å². The van der Waals surface area contributed by atoms with E-state index in [2.05, 4.69) is 15.3 Å². The summed E-state index contributed by atoms with van der Waals surface area (Å²) in [5.41, 5.74) is 0.586. The largest absolute Gasteiger partial charge is 0.352 e. The van der Waals surface area contributed by atoms with Crippen molar-refractivity contribution in [1.82, 2.24) is 15.3 Å². The van der Waals surface area contributed by atoms with Crippen LogP contribution in [0.15, 0.2) is 16.0 Å². The molecule has 1 aliphatic rings. The van der Waals surface area contributed by atoms with E-state index in [4.69, 9.17) is 0 Å². The molecule has 0 aromatic carbocycles. The summed E-state index contributed by atoms with van der Waals surface area (Å²) in [5, 5.41) is 3.32. The van der Waals surface area contributed by atoms with Gasteiger partial charge in [0.15, 0.2) is 5.16 Å². The first-order chi connectivity index (χ1) is 9.58. The number of rotatable bonds is 5. The number of carbonyl (C=O) groups excluding carboxylic acids is 1. The molecule has 0 radical (unpaired) electrons. The minimum Gasteiger partial charge on any atom is -0.352 e. The van der Waals surface area contributed by atoms with Crippen LogP contribution < -0.4 is 10.9 Å². The second kappa shape index (κ2) is 6.92. The number of hydrogen-bond acceptors (Lipinski definition) is 4. The Kier molecular flexibility index (Phi) is 5.23. The molecule has 1 aliphatic carbocycles. The van der Waals surface area contributed by atoms with Crippen LogP contribution in [0.25, 0.3) is 0 Å². The standard InChI is InChI=1S/C14H21N3O2S/c1-3-10-8-12(18)17-14(16-10)20-9(2)13(19)15-11-6-4-5-7-11/h8-9,11H,3-7H2,1-2H3,(H,15,19)(H,16,17,18). The highest BCUT2D eigenvalue weighted by molar-refractivity contribution is 8.00. The number of nitrogens with zero attached hydrogens (tertiary/aromatic N) is 1. The highest BCUT2D eigenvalue weighted by atomic mass is 32.2. The van der Waals surface area contributed by atoms with Crippen molar-refractivity contribution in [3.63, 3.8) is 0 Å². The molecule has 0 aliphatic heterocycles. The number of aromatic amines is 1. The normalized spacial score (nSPS) is 17.1. The lowest BCUT2D eigenvalue weighted by atomic mass is 10.2. The average Bonchev–Trinajstić information content (AvgIpc) is 2.90. The predicted molar refractivity (Wildman–Crippen MR) is 80.0 cm³/mol. The number of nitrogens with one attached hydrogen (secondary N) is 2. The van der Waals surface area contributed by atoms with Gasteiger partial charge in [0.2, 0.25) is 5.91 Å². The lowest BCUT2D eigenvalue weighted by molar-refractivity contribution is -0.120. The Balaban J connectivity index is 1.96. The fourth-order valence-corrected chi connectivity index (χ4v) is 3.17. The predicted octanol–water partition coefficient (Wildman–Crippen LogP) is 1.87. The molecule has 5 nitrogen and oxygen atoms in total. The van der Waals surface area contributed by atoms with Gasteiger partial charge < -0.3 is 10.3 Å². The molecule has 20 heavy (non-hydrogen) atoms. The molecule has 0 spiro atoms. The van der Waals surface area contributed by atoms with Crippen LogP contribution in [0.3, 0.4) is 0 Å². The molecule has 110 valence electrons. The van der Waals surface area contributed by atoms with Gasteiger partial charge in [-0.2, -0.15) is 0 Å². The first-order valence-electron chi connectivity index (χ1n) is 7.15. The van der Waals surface area contributed by atoms with E-state index in [1.165, 1.54) is 30.7 Å². The van der Waals surface area contributed by atoms with Gasteiger partial charge in [-0.1, -0.05) is 31.5 Å². The van der Waals surface area contributed by atoms with Gasteiger partial charge in [-0.05, 0) is 26.2 Å². The zero-order valence-corrected chi connectivity index (χ0v) is 12.8. The third kappa shape index (κ3) is 4.10. The van der Waals surface area contributed by atoms with Gasteiger partial charge in [-0.3, -0.25) is 9.59 Å². The van der Waals surface area contributed by atoms with Crippen LogP contribution in [0, 0.1) is 0 Å². The minimum absolute atomic E-state index is 0.0199. The summed E-state index contributed by atoms with van der Waals surface area (Å²) in [7, 11) is 0. The van der Waals surface area contributed by atoms with Crippen molar-refractivity contribution in [2.75, 3.05) is 0 Å². The van der Waals surface area contributed by atoms with Crippen molar-refractivity contribution >= 4 is 17.7 Å². The molecule has 2 rings (SSSR count). The van der Waals surface area contributed by atoms with E-state index >= 15 is 0 Å². The Morgan fingerprint density at radius 2 is 2.25 bits per heavy atom. The Morgan fingerprint density at radius 1 is 1.55 bits per heavy atom. The van der Waals surface area contributed by atoms with E-state index < -0.39 is 0 Å². The molecule has 1 unspecified atom stereocenters. The number of hydrogen-bond donors (Lipinski definition) is 2. The van der Waals surface area contributed by atoms with Crippen LogP contribution >= 0.6 is 11.8 Å². The molecule has 1 atom stereocenters. The quantitative estimate of drug-likeness (QED) is 0.642. The van der Waals surface area contributed by atoms with Crippen LogP contribution in [-0.2, 0) is 11.2 Å². The molecule has 1 aromatic heterocycles. The van der Waals surface area contributed by atoms with Crippen LogP contribution in [0.4, 0.5) is 0 Å². The summed E-state index contributed by atoms with van der Waals surface area (Å²) in [6.45, 7) is 3.79. The van der Waals surface area contributed by atoms with Gasteiger partial charge in [0.05, 0.1) is 5.25 Å². The SMILES string of the molecule is CCc1cc(=O)[nH]c(SC(C)C(=O)NC2CCCC2)n1. The number of amides is 1. The van der Waals surface area contributed by atoms with Crippen molar-refractivity contribution in [3.05, 3.63) is 22.1 Å². The third-order valence-corrected chi connectivity index (χ3v) is 4.48. The van der Waals surface area contributed by atoms with Crippen LogP contribution in [0.1, 0.15) is 45.2 Å². The molecule has 0 saturated heterocycles. The number of thioether (sulfide) groups is 1. The molecule has 1 aromatic rings. The smallest absolute Gasteiger partial charge is 0.251 e. The molecule has 0 bridgehead atoms. The van der Waals surface area contributed by atoms with Crippen molar-refractivity contribution < 1.29 is 4.79 Å². The van der Waals surface area contributed by atoms with Gasteiger partial charge in [0.1, 0.15) is 0 Å². The zero-order valence-electron chi connectivity index (χ0n) is 11.9. The maximum atomic E-state index is 12.1. The van der Waals surface area contributed by atoms with E-state index in [1.54, 1.807) is 0 Å². The highest BCUT2D eigenvalue weighted by Crippen LogP contribution is 2.21. The summed E-state index contributed by atoms with van der Waals surface area (Å²) < 4.78 is 0. The van der Waals surface area contributed by atoms with Gasteiger partial charge in [-0.25, -0.2) is 4.98 Å². The Bertz CT molecular complexity index is 523. The molecule has 2 N–H and O–H groups in total. The molecule has 1 amide bonds. The van der Waals surface area contributed by atoms with E-state index in [0.717, 1.165) is 18.5 Å². The summed E-state index contributed by atoms with van der Waals surface area (Å²) in [6, 6.07) is 1.81. The molecule has 1 heterocycles. The Labute approximate surface area is 123 Å². The second-order valence-corrected chi connectivity index (χ2v) is 6.47. The highest BCUT2D eigenvalue weighted by Gasteiger charge is 2.21. The Morgan fingerprint density at radius 3 is 2.90 bits per heavy atom. The summed E-state index contributed by atoms with van der Waals surface area (Å²) in [6.07, 6.45) is 5.24. The molecular weight excluding hydrogens is 274 g/mol. The number of aryl methyl sites for hydroxylation is 1. The summed E-state index contributed by atoms with van der Waals surface area (Å²) in [5.74, 6) is 0.0199. The zero-order chi connectivity index (χ0) is 14.5. The maximum absolute atomic E-state index is 12.1. The fraction of sp³-hybridized carbons (Fsp3) is 0.643. The Hall–Kier alpha value is -1.30. The van der Waals surface area contributed by atoms with E-state index in [0.29, 0.717) is 17.6 Å². The number of H-pyrrole nitrogens is 1. The van der Waals surface area contributed by atoms with Crippen molar-refractivity contribution in [2.24, 2.45) is 0 Å². The van der Waals surface area contributed by atoms with E-state index in [1.807, 2.05) is 13.8 Å². The molecule has 1 saturated carbocycles. The van der Waals surface area contributed by atoms with Crippen LogP contribution in [-0.4, -0.2) is 27.2 Å². The monoisotopic (exact) mass is 295 g/mol. The summed E-state index contributed by atoms with van der Waals surface area (Å²) >= 11 is 1.30. The fourth-order valence-electron chi connectivity index (χ4n) is 2.33. The van der Waals surface area contributed by atoms with Crippen LogP contribution in [0.2, 0.25) is 0 Å². The maximum Gasteiger partial charge on any atom is 0.251 e. The topological polar surface area (TPSA) is 74.8 Å². The first kappa shape index (κ1) is 15.1. The van der Waals surface area contributed by atoms with Crippen molar-refractivity contribution in [2.45, 2.75) is 62.4 Å². The van der Waals surface area contributed by atoms with Crippen molar-refractivity contribution in [1.29, 1.82) is 0 Å². The number of aromatic nitrogens is 2. The molecule has 6 heteroatoms. The van der Waals surface area contributed by atoms with Gasteiger partial charge in [0, 0.05) is 17.8 Å². The average molecular weight is 295 g/mol. The van der Waals surface area contributed by atoms with E-state index in [9.17, 15) is 9.59 Å². The van der Waals surface area contributed by atoms with Crippen LogP contribution in [0.5, 0.6) is 0 Å². The van der Waals surface area contributed by atoms with E-state index in [-0.39, 0.29) is 16.7 Å². The lowest BCUT2D eigenvalue weighted by Crippen LogP contribution is -2.37. The first-order valence-corrected chi connectivity index (χ1v) is 8.03. The summed E-state index contributed by atoms with van der Waals surface area (Å²) in [4.78, 5) is 30.6. The van der Waals surface area contributed by atoms with Gasteiger partial charge in [0.25, 0.3) is 5.56 Å². The van der Waals surface area contributed by atoms with Crippen molar-refractivity contribution in [3.8, 4) is 0 Å². The second-order valence-electron chi connectivity index (χ2n) is 5.15. The third-order valence-electron chi connectivity index (χ3n) is 3.49. The number of carbonyl (C=O) groups is 1. The van der Waals surface area contributed by atoms with Gasteiger partial charge >= 0.3 is 0 Å². The molecule has 1 fully saturated rings.